The lowest BCUT2D eigenvalue weighted by molar-refractivity contribution is 0.597. The van der Waals surface area contributed by atoms with Gasteiger partial charge >= 0.3 is 0 Å². The van der Waals surface area contributed by atoms with Gasteiger partial charge in [-0.1, -0.05) is 32.0 Å². The van der Waals surface area contributed by atoms with E-state index in [-0.39, 0.29) is 21.5 Å². The fourth-order valence-corrected chi connectivity index (χ4v) is 3.94. The molecule has 22 heavy (non-hydrogen) atoms. The molecule has 114 valence electrons. The van der Waals surface area contributed by atoms with E-state index in [2.05, 4.69) is 15.0 Å². The van der Waals surface area contributed by atoms with Crippen molar-refractivity contribution in [2.75, 3.05) is 5.73 Å². The van der Waals surface area contributed by atoms with Crippen LogP contribution in [0.25, 0.3) is 11.0 Å². The first-order chi connectivity index (χ1) is 10.4. The molecule has 2 heterocycles. The minimum Gasteiger partial charge on any atom is -0.384 e. The summed E-state index contributed by atoms with van der Waals surface area (Å²) in [6.45, 7) is 3.95. The van der Waals surface area contributed by atoms with Gasteiger partial charge in [-0.05, 0) is 18.1 Å². The zero-order chi connectivity index (χ0) is 15.9. The Labute approximate surface area is 128 Å². The van der Waals surface area contributed by atoms with Gasteiger partial charge in [0.1, 0.15) is 22.6 Å². The fourth-order valence-electron chi connectivity index (χ4n) is 2.44. The SMILES string of the molecule is CC(C)c1ncnc2c(S(=O)(=O)c3ccccc3)c(N)[nH]c12. The Hall–Kier alpha value is -2.41. The van der Waals surface area contributed by atoms with Crippen LogP contribution < -0.4 is 5.73 Å². The molecule has 0 radical (unpaired) electrons. The van der Waals surface area contributed by atoms with Gasteiger partial charge in [-0.25, -0.2) is 18.4 Å². The van der Waals surface area contributed by atoms with Crippen molar-refractivity contribution < 1.29 is 8.42 Å². The van der Waals surface area contributed by atoms with Crippen LogP contribution in [0, 0.1) is 0 Å². The van der Waals surface area contributed by atoms with E-state index in [9.17, 15) is 8.42 Å². The van der Waals surface area contributed by atoms with Crippen LogP contribution in [0.5, 0.6) is 0 Å². The van der Waals surface area contributed by atoms with Crippen molar-refractivity contribution in [3.05, 3.63) is 42.4 Å². The van der Waals surface area contributed by atoms with Crippen LogP contribution in [0.15, 0.2) is 46.5 Å². The van der Waals surface area contributed by atoms with E-state index >= 15 is 0 Å². The lowest BCUT2D eigenvalue weighted by Gasteiger charge is -2.05. The minimum atomic E-state index is -3.74. The minimum absolute atomic E-state index is 0.0120. The summed E-state index contributed by atoms with van der Waals surface area (Å²) in [6, 6.07) is 8.19. The van der Waals surface area contributed by atoms with E-state index in [4.69, 9.17) is 5.73 Å². The summed E-state index contributed by atoms with van der Waals surface area (Å²) in [6.07, 6.45) is 1.37. The highest BCUT2D eigenvalue weighted by Crippen LogP contribution is 2.34. The van der Waals surface area contributed by atoms with Crippen LogP contribution >= 0.6 is 0 Å². The third-order valence-electron chi connectivity index (χ3n) is 3.47. The number of H-pyrrole nitrogens is 1. The van der Waals surface area contributed by atoms with Crippen LogP contribution in [0.4, 0.5) is 5.82 Å². The van der Waals surface area contributed by atoms with Crippen LogP contribution in [-0.2, 0) is 9.84 Å². The van der Waals surface area contributed by atoms with Crippen molar-refractivity contribution in [1.29, 1.82) is 0 Å². The third kappa shape index (κ3) is 2.14. The van der Waals surface area contributed by atoms with Gasteiger partial charge in [0, 0.05) is 0 Å². The molecule has 0 amide bonds. The number of anilines is 1. The zero-order valence-corrected chi connectivity index (χ0v) is 13.1. The molecule has 3 aromatic rings. The van der Waals surface area contributed by atoms with Crippen molar-refractivity contribution in [3.63, 3.8) is 0 Å². The van der Waals surface area contributed by atoms with Crippen LogP contribution in [0.3, 0.4) is 0 Å². The molecule has 2 aromatic heterocycles. The first kappa shape index (κ1) is 14.5. The number of aromatic amines is 1. The maximum Gasteiger partial charge on any atom is 0.212 e. The van der Waals surface area contributed by atoms with E-state index in [1.165, 1.54) is 18.5 Å². The average Bonchev–Trinajstić information content (AvgIpc) is 2.84. The number of fused-ring (bicyclic) bond motifs is 1. The first-order valence-electron chi connectivity index (χ1n) is 6.85. The predicted molar refractivity (Wildman–Crippen MR) is 84.3 cm³/mol. The van der Waals surface area contributed by atoms with Gasteiger partial charge in [0.15, 0.2) is 0 Å². The Kier molecular flexibility index (Phi) is 3.37. The van der Waals surface area contributed by atoms with Gasteiger partial charge in [0.2, 0.25) is 9.84 Å². The molecule has 0 fully saturated rings. The number of nitrogen functional groups attached to an aromatic ring is 1. The maximum atomic E-state index is 12.9. The molecule has 0 aliphatic heterocycles. The fraction of sp³-hybridized carbons (Fsp3) is 0.200. The number of benzene rings is 1. The Morgan fingerprint density at radius 2 is 1.82 bits per heavy atom. The van der Waals surface area contributed by atoms with Gasteiger partial charge in [-0.15, -0.1) is 0 Å². The number of aromatic nitrogens is 3. The van der Waals surface area contributed by atoms with Crippen molar-refractivity contribution in [3.8, 4) is 0 Å². The lowest BCUT2D eigenvalue weighted by atomic mass is 10.1. The Morgan fingerprint density at radius 1 is 1.14 bits per heavy atom. The summed E-state index contributed by atoms with van der Waals surface area (Å²) >= 11 is 0. The largest absolute Gasteiger partial charge is 0.384 e. The van der Waals surface area contributed by atoms with Crippen LogP contribution in [-0.4, -0.2) is 23.4 Å². The second-order valence-corrected chi connectivity index (χ2v) is 7.21. The number of nitrogens with zero attached hydrogens (tertiary/aromatic N) is 2. The van der Waals surface area contributed by atoms with Crippen molar-refractivity contribution in [2.24, 2.45) is 0 Å². The summed E-state index contributed by atoms with van der Waals surface area (Å²) in [5.41, 5.74) is 7.59. The number of nitrogens with two attached hydrogens (primary N) is 1. The number of rotatable bonds is 3. The van der Waals surface area contributed by atoms with Crippen molar-refractivity contribution in [1.82, 2.24) is 15.0 Å². The van der Waals surface area contributed by atoms with E-state index in [0.29, 0.717) is 11.0 Å². The first-order valence-corrected chi connectivity index (χ1v) is 8.33. The average molecular weight is 316 g/mol. The quantitative estimate of drug-likeness (QED) is 0.773. The van der Waals surface area contributed by atoms with Gasteiger partial charge in [-0.3, -0.25) is 0 Å². The monoisotopic (exact) mass is 316 g/mol. The number of nitrogens with one attached hydrogen (secondary N) is 1. The summed E-state index contributed by atoms with van der Waals surface area (Å²) in [4.78, 5) is 11.5. The number of sulfone groups is 1. The zero-order valence-electron chi connectivity index (χ0n) is 12.2. The second kappa shape index (κ2) is 5.10. The number of hydrogen-bond donors (Lipinski definition) is 2. The lowest BCUT2D eigenvalue weighted by Crippen LogP contribution is -2.05. The van der Waals surface area contributed by atoms with Crippen LogP contribution in [0.2, 0.25) is 0 Å². The molecule has 0 saturated carbocycles. The predicted octanol–water partition coefficient (Wildman–Crippen LogP) is 2.50. The Balaban J connectivity index is 2.33. The molecule has 0 spiro atoms. The second-order valence-electron chi connectivity index (χ2n) is 5.32. The Bertz CT molecular complexity index is 931. The van der Waals surface area contributed by atoms with Gasteiger partial charge in [0.05, 0.1) is 16.1 Å². The standard InChI is InChI=1S/C15H16N4O2S/c1-9(2)11-12-13(18-8-17-11)14(15(16)19-12)22(20,21)10-6-4-3-5-7-10/h3-9,19H,16H2,1-2H3. The summed E-state index contributed by atoms with van der Waals surface area (Å²) in [7, 11) is -3.74. The molecule has 3 rings (SSSR count). The molecular weight excluding hydrogens is 300 g/mol. The summed E-state index contributed by atoms with van der Waals surface area (Å²) in [5, 5.41) is 0. The third-order valence-corrected chi connectivity index (χ3v) is 5.31. The molecule has 0 saturated heterocycles. The molecule has 3 N–H and O–H groups in total. The topological polar surface area (TPSA) is 102 Å². The summed E-state index contributed by atoms with van der Waals surface area (Å²) < 4.78 is 25.7. The molecule has 6 nitrogen and oxygen atoms in total. The maximum absolute atomic E-state index is 12.9. The van der Waals surface area contributed by atoms with E-state index < -0.39 is 9.84 Å². The molecule has 7 heteroatoms. The summed E-state index contributed by atoms with van der Waals surface area (Å²) in [5.74, 6) is 0.206. The van der Waals surface area contributed by atoms with Gasteiger partial charge < -0.3 is 10.7 Å². The smallest absolute Gasteiger partial charge is 0.212 e. The van der Waals surface area contributed by atoms with Crippen molar-refractivity contribution in [2.45, 2.75) is 29.6 Å². The molecule has 0 atom stereocenters. The van der Waals surface area contributed by atoms with Gasteiger partial charge in [-0.2, -0.15) is 0 Å². The van der Waals surface area contributed by atoms with E-state index in [0.717, 1.165) is 5.69 Å². The van der Waals surface area contributed by atoms with Gasteiger partial charge in [0.25, 0.3) is 0 Å². The van der Waals surface area contributed by atoms with E-state index in [1.54, 1.807) is 18.2 Å². The molecule has 0 unspecified atom stereocenters. The molecule has 0 aliphatic carbocycles. The number of hydrogen-bond acceptors (Lipinski definition) is 5. The van der Waals surface area contributed by atoms with Crippen LogP contribution in [0.1, 0.15) is 25.5 Å². The normalized spacial score (nSPS) is 12.1. The highest BCUT2D eigenvalue weighted by Gasteiger charge is 2.27. The highest BCUT2D eigenvalue weighted by atomic mass is 32.2. The molecular formula is C15H16N4O2S. The molecule has 0 aliphatic rings. The van der Waals surface area contributed by atoms with Crippen molar-refractivity contribution >= 4 is 26.7 Å². The Morgan fingerprint density at radius 3 is 2.45 bits per heavy atom. The molecule has 1 aromatic carbocycles. The highest BCUT2D eigenvalue weighted by molar-refractivity contribution is 7.91. The molecule has 0 bridgehead atoms. The van der Waals surface area contributed by atoms with E-state index in [1.807, 2.05) is 13.8 Å².